The van der Waals surface area contributed by atoms with Crippen molar-refractivity contribution >= 4 is 59.5 Å². The second-order valence-electron chi connectivity index (χ2n) is 11.8. The molecule has 0 radical (unpaired) electrons. The van der Waals surface area contributed by atoms with Crippen molar-refractivity contribution in [3.8, 4) is 23.0 Å². The normalized spacial score (nSPS) is 11.2. The molecule has 4 aromatic rings. The molecule has 0 saturated carbocycles. The molecule has 0 unspecified atom stereocenters. The summed E-state index contributed by atoms with van der Waals surface area (Å²) >= 11 is 21.8. The standard InChI is InChI=1S/2C18H23O2PS2.Zn/c2*1-11-7-9-17(15(5)13(11)3)19-21(22,23)20-18-10-8-12(2)14(4)16(18)6;/h2*7-10H,1-6H3,(H,22,23);/q;;+2/p-2. The Labute approximate surface area is 316 Å². The molecule has 0 atom stereocenters. The van der Waals surface area contributed by atoms with Gasteiger partial charge in [0.25, 0.3) is 0 Å². The van der Waals surface area contributed by atoms with Crippen molar-refractivity contribution in [2.45, 2.75) is 83.1 Å². The molecule has 0 fully saturated rings. The number of rotatable bonds is 8. The third kappa shape index (κ3) is 10.8. The SMILES string of the molecule is Cc1ccc(OP(=S)([S-])Oc2ccc(C)c(C)c2C)c(C)c1C.Cc1ccc(OP(=S)([S-])Oc2ccc(C)c(C)c2C)c(C)c1C.[Zn+2]. The van der Waals surface area contributed by atoms with E-state index in [1.165, 1.54) is 44.5 Å². The molecule has 0 saturated heterocycles. The average Bonchev–Trinajstić information content (AvgIpc) is 2.98. The van der Waals surface area contributed by atoms with Gasteiger partial charge in [-0.3, -0.25) is 0 Å². The van der Waals surface area contributed by atoms with Gasteiger partial charge in [-0.25, -0.2) is 0 Å². The first-order valence-electron chi connectivity index (χ1n) is 14.9. The van der Waals surface area contributed by atoms with Crippen LogP contribution in [-0.4, -0.2) is 0 Å². The summed E-state index contributed by atoms with van der Waals surface area (Å²) in [5.74, 6) is 2.86. The molecule has 0 heterocycles. The van der Waals surface area contributed by atoms with Crippen molar-refractivity contribution < 1.29 is 37.6 Å². The van der Waals surface area contributed by atoms with Crippen LogP contribution in [0.15, 0.2) is 48.5 Å². The van der Waals surface area contributed by atoms with Gasteiger partial charge in [-0.05, 0) is 198 Å². The Bertz CT molecular complexity index is 1620. The molecule has 47 heavy (non-hydrogen) atoms. The van der Waals surface area contributed by atoms with E-state index in [0.717, 1.165) is 22.3 Å². The molecule has 0 aliphatic carbocycles. The number of hydrogen-bond acceptors (Lipinski definition) is 8. The maximum atomic E-state index is 5.92. The van der Waals surface area contributed by atoms with Crippen LogP contribution in [0, 0.1) is 83.1 Å². The molecule has 248 valence electrons. The van der Waals surface area contributed by atoms with Crippen molar-refractivity contribution in [2.75, 3.05) is 0 Å². The molecule has 11 heteroatoms. The maximum absolute atomic E-state index is 5.92. The first-order chi connectivity index (χ1) is 21.2. The van der Waals surface area contributed by atoms with E-state index in [-0.39, 0.29) is 19.5 Å². The Morgan fingerprint density at radius 2 is 0.532 bits per heavy atom. The molecule has 4 aromatic carbocycles. The van der Waals surface area contributed by atoms with Gasteiger partial charge < -0.3 is 42.6 Å². The van der Waals surface area contributed by atoms with Gasteiger partial charge >= 0.3 is 19.5 Å². The van der Waals surface area contributed by atoms with Crippen molar-refractivity contribution in [3.05, 3.63) is 115 Å². The van der Waals surface area contributed by atoms with Crippen LogP contribution in [0.25, 0.3) is 0 Å². The van der Waals surface area contributed by atoms with E-state index in [1.54, 1.807) is 0 Å². The van der Waals surface area contributed by atoms with Gasteiger partial charge in [0.1, 0.15) is 23.0 Å². The fourth-order valence-corrected chi connectivity index (χ4v) is 8.40. The zero-order valence-corrected chi connectivity index (χ0v) is 37.5. The third-order valence-electron chi connectivity index (χ3n) is 8.87. The van der Waals surface area contributed by atoms with Crippen molar-refractivity contribution in [2.24, 2.45) is 0 Å². The second kappa shape index (κ2) is 17.1. The summed E-state index contributed by atoms with van der Waals surface area (Å²) < 4.78 is 23.7. The zero-order chi connectivity index (χ0) is 34.7. The van der Waals surface area contributed by atoms with E-state index in [2.05, 4.69) is 55.4 Å². The first-order valence-corrected chi connectivity index (χ1v) is 22.2. The van der Waals surface area contributed by atoms with Gasteiger partial charge in [-0.2, -0.15) is 0 Å². The van der Waals surface area contributed by atoms with Gasteiger partial charge in [0.15, 0.2) is 11.4 Å². The Morgan fingerprint density at radius 3 is 0.702 bits per heavy atom. The van der Waals surface area contributed by atoms with Crippen LogP contribution >= 0.6 is 11.4 Å². The van der Waals surface area contributed by atoms with Crippen LogP contribution < -0.4 is 18.1 Å². The Kier molecular flexibility index (Phi) is 15.2. The largest absolute Gasteiger partial charge is 2.00 e. The minimum absolute atomic E-state index is 0. The average molecular weight is 796 g/mol. The summed E-state index contributed by atoms with van der Waals surface area (Å²) in [5, 5.41) is 0. The smallest absolute Gasteiger partial charge is 0.665 e. The minimum Gasteiger partial charge on any atom is -0.665 e. The molecule has 0 amide bonds. The van der Waals surface area contributed by atoms with E-state index < -0.39 is 11.4 Å². The zero-order valence-electron chi connectivity index (χ0n) is 29.5. The Balaban J connectivity index is 0.000000320. The van der Waals surface area contributed by atoms with Crippen molar-refractivity contribution in [1.82, 2.24) is 0 Å². The predicted molar refractivity (Wildman–Crippen MR) is 208 cm³/mol. The molecule has 0 aromatic heterocycles. The van der Waals surface area contributed by atoms with Crippen LogP contribution in [0.5, 0.6) is 23.0 Å². The Hall–Kier alpha value is -1.30. The number of hydrogen-bond donors (Lipinski definition) is 0. The van der Waals surface area contributed by atoms with Crippen LogP contribution in [0.3, 0.4) is 0 Å². The van der Waals surface area contributed by atoms with Gasteiger partial charge in [-0.15, -0.1) is 0 Å². The summed E-state index contributed by atoms with van der Waals surface area (Å²) in [7, 11) is 0. The second-order valence-corrected chi connectivity index (χ2v) is 21.5. The molecular weight excluding hydrogens is 752 g/mol. The molecule has 0 bridgehead atoms. The summed E-state index contributed by atoms with van der Waals surface area (Å²) in [6.45, 7) is 24.6. The van der Waals surface area contributed by atoms with Crippen LogP contribution in [0.4, 0.5) is 0 Å². The van der Waals surface area contributed by atoms with Crippen molar-refractivity contribution in [3.63, 3.8) is 0 Å². The van der Waals surface area contributed by atoms with E-state index in [1.807, 2.05) is 76.2 Å². The fourth-order valence-electron chi connectivity index (χ4n) is 4.64. The van der Waals surface area contributed by atoms with E-state index in [4.69, 9.17) is 66.2 Å². The van der Waals surface area contributed by atoms with Crippen LogP contribution in [0.2, 0.25) is 0 Å². The van der Waals surface area contributed by atoms with E-state index in [0.29, 0.717) is 23.0 Å². The topological polar surface area (TPSA) is 36.9 Å². The third-order valence-corrected chi connectivity index (χ3v) is 12.3. The van der Waals surface area contributed by atoms with E-state index >= 15 is 0 Å². The summed E-state index contributed by atoms with van der Waals surface area (Å²) in [6.07, 6.45) is 0. The predicted octanol–water partition coefficient (Wildman–Crippen LogP) is 11.5. The molecular formula is C36H44O4P2S4Zn. The van der Waals surface area contributed by atoms with Crippen LogP contribution in [0.1, 0.15) is 66.8 Å². The first kappa shape index (κ1) is 41.9. The van der Waals surface area contributed by atoms with Gasteiger partial charge in [-0.1, -0.05) is 24.3 Å². The molecule has 0 spiro atoms. The van der Waals surface area contributed by atoms with Gasteiger partial charge in [0, 0.05) is 0 Å². The quantitative estimate of drug-likeness (QED) is 0.0992. The molecule has 0 aliphatic heterocycles. The number of benzene rings is 4. The molecule has 0 aliphatic rings. The van der Waals surface area contributed by atoms with Gasteiger partial charge in [0.05, 0.1) is 0 Å². The molecule has 0 N–H and O–H groups in total. The monoisotopic (exact) mass is 794 g/mol. The fraction of sp³-hybridized carbons (Fsp3) is 0.333. The summed E-state index contributed by atoms with van der Waals surface area (Å²) in [5.41, 5.74) is 8.19. The molecule has 4 rings (SSSR count). The van der Waals surface area contributed by atoms with Crippen LogP contribution in [-0.2, 0) is 67.6 Å². The minimum atomic E-state index is -2.84. The summed E-state index contributed by atoms with van der Waals surface area (Å²) in [6, 6.07) is 15.7. The van der Waals surface area contributed by atoms with Gasteiger partial charge in [0.2, 0.25) is 0 Å². The summed E-state index contributed by atoms with van der Waals surface area (Å²) in [4.78, 5) is 0. The van der Waals surface area contributed by atoms with E-state index in [9.17, 15) is 0 Å². The maximum Gasteiger partial charge on any atom is 2.00 e. The van der Waals surface area contributed by atoms with Crippen molar-refractivity contribution in [1.29, 1.82) is 0 Å². The number of aryl methyl sites for hydroxylation is 4. The molecule has 4 nitrogen and oxygen atoms in total. The Morgan fingerprint density at radius 1 is 0.362 bits per heavy atom.